The molecule has 180 valence electrons. The minimum absolute atomic E-state index is 0.00893. The SMILES string of the molecule is Cn1ccnc1-n1cc(C(=O)O)c(=O)c2cc(Cl)c(N3CCC[C@@H]3COc3ncccc3Cl)cc21. The number of ether oxygens (including phenoxy) is 1. The molecule has 1 aliphatic rings. The van der Waals surface area contributed by atoms with Crippen LogP contribution in [0.15, 0.2) is 53.8 Å². The number of fused-ring (bicyclic) bond motifs is 1. The van der Waals surface area contributed by atoms with E-state index in [1.807, 2.05) is 6.07 Å². The number of hydrogen-bond acceptors (Lipinski definition) is 6. The zero-order valence-electron chi connectivity index (χ0n) is 18.7. The second-order valence-corrected chi connectivity index (χ2v) is 9.11. The highest BCUT2D eigenvalue weighted by molar-refractivity contribution is 6.34. The predicted octanol–water partition coefficient (Wildman–Crippen LogP) is 4.17. The third kappa shape index (κ3) is 4.21. The highest BCUT2D eigenvalue weighted by Crippen LogP contribution is 2.35. The number of benzene rings is 1. The monoisotopic (exact) mass is 513 g/mol. The molecule has 1 atom stereocenters. The first-order valence-electron chi connectivity index (χ1n) is 10.9. The molecule has 0 radical (unpaired) electrons. The van der Waals surface area contributed by atoms with E-state index in [2.05, 4.69) is 14.9 Å². The van der Waals surface area contributed by atoms with Crippen molar-refractivity contribution in [3.05, 3.63) is 74.9 Å². The number of pyridine rings is 2. The number of carboxylic acids is 1. The zero-order chi connectivity index (χ0) is 24.7. The highest BCUT2D eigenvalue weighted by atomic mass is 35.5. The number of hydrogen-bond donors (Lipinski definition) is 1. The van der Waals surface area contributed by atoms with Crippen LogP contribution in [0.3, 0.4) is 0 Å². The van der Waals surface area contributed by atoms with Crippen molar-refractivity contribution in [3.8, 4) is 11.8 Å². The molecule has 5 rings (SSSR count). The maximum atomic E-state index is 13.0. The Morgan fingerprint density at radius 1 is 1.23 bits per heavy atom. The van der Waals surface area contributed by atoms with Crippen LogP contribution < -0.4 is 15.1 Å². The Hall–Kier alpha value is -3.56. The predicted molar refractivity (Wildman–Crippen MR) is 133 cm³/mol. The Balaban J connectivity index is 1.59. The number of carbonyl (C=O) groups is 1. The van der Waals surface area contributed by atoms with Gasteiger partial charge in [-0.2, -0.15) is 0 Å². The molecular weight excluding hydrogens is 493 g/mol. The zero-order valence-corrected chi connectivity index (χ0v) is 20.2. The van der Waals surface area contributed by atoms with Crippen molar-refractivity contribution in [2.75, 3.05) is 18.1 Å². The lowest BCUT2D eigenvalue weighted by molar-refractivity contribution is 0.0695. The Morgan fingerprint density at radius 3 is 2.77 bits per heavy atom. The van der Waals surface area contributed by atoms with Crippen LogP contribution in [0.25, 0.3) is 16.9 Å². The van der Waals surface area contributed by atoms with Gasteiger partial charge in [0.1, 0.15) is 17.2 Å². The van der Waals surface area contributed by atoms with Gasteiger partial charge >= 0.3 is 5.97 Å². The minimum atomic E-state index is -1.31. The van der Waals surface area contributed by atoms with Crippen molar-refractivity contribution >= 4 is 45.8 Å². The quantitative estimate of drug-likeness (QED) is 0.412. The molecule has 0 amide bonds. The summed E-state index contributed by atoms with van der Waals surface area (Å²) in [6.07, 6.45) is 8.09. The minimum Gasteiger partial charge on any atom is -0.477 e. The standard InChI is InChI=1S/C24H21Cl2N5O4/c1-29-9-7-28-24(29)31-12-16(23(33)34)21(32)15-10-18(26)20(11-19(15)31)30-8-3-4-14(30)13-35-22-17(25)5-2-6-27-22/h2,5-7,9-12,14H,3-4,8,13H2,1H3,(H,33,34)/t14-/m1/s1. The number of nitrogens with zero attached hydrogens (tertiary/aromatic N) is 5. The molecular formula is C24H21Cl2N5O4. The van der Waals surface area contributed by atoms with E-state index in [-0.39, 0.29) is 17.0 Å². The average molecular weight is 514 g/mol. The van der Waals surface area contributed by atoms with Crippen molar-refractivity contribution in [1.29, 1.82) is 0 Å². The number of carboxylic acid groups (broad SMARTS) is 1. The molecule has 4 heterocycles. The second-order valence-electron chi connectivity index (χ2n) is 8.30. The first kappa shape index (κ1) is 23.2. The van der Waals surface area contributed by atoms with Crippen molar-refractivity contribution in [2.24, 2.45) is 7.05 Å². The number of imidazole rings is 1. The molecule has 11 heteroatoms. The van der Waals surface area contributed by atoms with Gasteiger partial charge in [-0.3, -0.25) is 9.36 Å². The van der Waals surface area contributed by atoms with E-state index in [0.29, 0.717) is 34.0 Å². The third-order valence-corrected chi connectivity index (χ3v) is 6.73. The molecule has 35 heavy (non-hydrogen) atoms. The van der Waals surface area contributed by atoms with Crippen LogP contribution >= 0.6 is 23.2 Å². The van der Waals surface area contributed by atoms with Crippen molar-refractivity contribution < 1.29 is 14.6 Å². The molecule has 1 fully saturated rings. The van der Waals surface area contributed by atoms with Crippen molar-refractivity contribution in [1.82, 2.24) is 19.1 Å². The molecule has 3 aromatic heterocycles. The fourth-order valence-corrected chi connectivity index (χ4v) is 4.89. The fourth-order valence-electron chi connectivity index (χ4n) is 4.44. The lowest BCUT2D eigenvalue weighted by atomic mass is 10.1. The summed E-state index contributed by atoms with van der Waals surface area (Å²) in [6, 6.07) is 6.81. The van der Waals surface area contributed by atoms with Crippen molar-refractivity contribution in [3.63, 3.8) is 0 Å². The lowest BCUT2D eigenvalue weighted by Gasteiger charge is -2.28. The molecule has 0 unspecified atom stereocenters. The highest BCUT2D eigenvalue weighted by Gasteiger charge is 2.29. The van der Waals surface area contributed by atoms with Gasteiger partial charge in [-0.1, -0.05) is 23.2 Å². The van der Waals surface area contributed by atoms with E-state index >= 15 is 0 Å². The van der Waals surface area contributed by atoms with Crippen LogP contribution in [0, 0.1) is 0 Å². The molecule has 1 aromatic carbocycles. The summed E-state index contributed by atoms with van der Waals surface area (Å²) in [5.74, 6) is -0.475. The number of halogens is 2. The van der Waals surface area contributed by atoms with Gasteiger partial charge in [0.2, 0.25) is 17.3 Å². The molecule has 0 aliphatic carbocycles. The van der Waals surface area contributed by atoms with E-state index in [1.54, 1.807) is 46.9 Å². The Bertz CT molecular complexity index is 1500. The molecule has 1 aliphatic heterocycles. The van der Waals surface area contributed by atoms with Gasteiger partial charge in [0.05, 0.1) is 22.3 Å². The van der Waals surface area contributed by atoms with Crippen LogP contribution in [0.1, 0.15) is 23.2 Å². The van der Waals surface area contributed by atoms with E-state index in [9.17, 15) is 14.7 Å². The Morgan fingerprint density at radius 2 is 2.06 bits per heavy atom. The van der Waals surface area contributed by atoms with Gasteiger partial charge in [-0.25, -0.2) is 14.8 Å². The van der Waals surface area contributed by atoms with Crippen LogP contribution in [-0.4, -0.2) is 49.4 Å². The van der Waals surface area contributed by atoms with Gasteiger partial charge < -0.3 is 19.3 Å². The van der Waals surface area contributed by atoms with Crippen LogP contribution in [0.2, 0.25) is 10.0 Å². The molecule has 1 N–H and O–H groups in total. The van der Waals surface area contributed by atoms with Crippen molar-refractivity contribution in [2.45, 2.75) is 18.9 Å². The number of aryl methyl sites for hydroxylation is 1. The molecule has 0 saturated carbocycles. The smallest absolute Gasteiger partial charge is 0.341 e. The summed E-state index contributed by atoms with van der Waals surface area (Å²) in [6.45, 7) is 1.10. The first-order valence-corrected chi connectivity index (χ1v) is 11.7. The second kappa shape index (κ2) is 9.24. The van der Waals surface area contributed by atoms with E-state index in [1.165, 1.54) is 12.3 Å². The third-order valence-electron chi connectivity index (χ3n) is 6.14. The topological polar surface area (TPSA) is 102 Å². The summed E-state index contributed by atoms with van der Waals surface area (Å²) >= 11 is 12.8. The normalized spacial score (nSPS) is 15.6. The Labute approximate surface area is 210 Å². The van der Waals surface area contributed by atoms with Crippen LogP contribution in [0.4, 0.5) is 5.69 Å². The average Bonchev–Trinajstić information content (AvgIpc) is 3.47. The van der Waals surface area contributed by atoms with Crippen LogP contribution in [0.5, 0.6) is 5.88 Å². The number of aromatic nitrogens is 4. The largest absolute Gasteiger partial charge is 0.477 e. The lowest BCUT2D eigenvalue weighted by Crippen LogP contribution is -2.34. The van der Waals surface area contributed by atoms with Gasteiger partial charge in [0.25, 0.3) is 0 Å². The van der Waals surface area contributed by atoms with E-state index < -0.39 is 11.4 Å². The maximum absolute atomic E-state index is 13.0. The van der Waals surface area contributed by atoms with Gasteiger partial charge in [0, 0.05) is 43.8 Å². The first-order chi connectivity index (χ1) is 16.8. The summed E-state index contributed by atoms with van der Waals surface area (Å²) in [5.41, 5.74) is 0.275. The van der Waals surface area contributed by atoms with Gasteiger partial charge in [0.15, 0.2) is 0 Å². The van der Waals surface area contributed by atoms with Crippen LogP contribution in [-0.2, 0) is 7.05 Å². The number of anilines is 1. The van der Waals surface area contributed by atoms with Gasteiger partial charge in [-0.05, 0) is 37.1 Å². The molecule has 0 bridgehead atoms. The summed E-state index contributed by atoms with van der Waals surface area (Å²) in [7, 11) is 1.79. The van der Waals surface area contributed by atoms with Gasteiger partial charge in [-0.15, -0.1) is 0 Å². The number of aromatic carboxylic acids is 1. The fraction of sp³-hybridized carbons (Fsp3) is 0.250. The molecule has 9 nitrogen and oxygen atoms in total. The molecule has 1 saturated heterocycles. The maximum Gasteiger partial charge on any atom is 0.341 e. The molecule has 4 aromatic rings. The summed E-state index contributed by atoms with van der Waals surface area (Å²) in [5, 5.41) is 10.6. The van der Waals surface area contributed by atoms with E-state index in [4.69, 9.17) is 27.9 Å². The van der Waals surface area contributed by atoms with E-state index in [0.717, 1.165) is 25.1 Å². The number of rotatable bonds is 6. The Kier molecular flexibility index (Phi) is 6.12. The summed E-state index contributed by atoms with van der Waals surface area (Å²) < 4.78 is 9.25. The summed E-state index contributed by atoms with van der Waals surface area (Å²) in [4.78, 5) is 35.4. The molecule has 0 spiro atoms.